The minimum Gasteiger partial charge on any atom is -0.347 e. The molecular weight excluding hydrogens is 254 g/mol. The lowest BCUT2D eigenvalue weighted by atomic mass is 10.2. The molecule has 0 saturated heterocycles. The molecule has 1 aromatic carbocycles. The van der Waals surface area contributed by atoms with Gasteiger partial charge < -0.3 is 4.90 Å². The number of aromatic nitrogens is 2. The van der Waals surface area contributed by atoms with Gasteiger partial charge >= 0.3 is 0 Å². The zero-order chi connectivity index (χ0) is 13.3. The maximum Gasteiger partial charge on any atom is 0.261 e. The molecule has 0 bridgehead atoms. The number of benzene rings is 1. The van der Waals surface area contributed by atoms with Gasteiger partial charge in [-0.25, -0.2) is 4.98 Å². The molecule has 0 radical (unpaired) electrons. The van der Waals surface area contributed by atoms with Gasteiger partial charge in [0.1, 0.15) is 6.54 Å². The van der Waals surface area contributed by atoms with Crippen molar-refractivity contribution in [1.82, 2.24) is 14.5 Å². The predicted molar refractivity (Wildman–Crippen MR) is 69.7 cm³/mol. The van der Waals surface area contributed by atoms with E-state index in [1.165, 1.54) is 15.8 Å². The van der Waals surface area contributed by atoms with Gasteiger partial charge in [-0.3, -0.25) is 14.2 Å². The highest BCUT2D eigenvalue weighted by Crippen LogP contribution is 2.13. The lowest BCUT2D eigenvalue weighted by Gasteiger charge is -2.11. The predicted octanol–water partition coefficient (Wildman–Crippen LogP) is 1.14. The van der Waals surface area contributed by atoms with Gasteiger partial charge in [-0.2, -0.15) is 0 Å². The summed E-state index contributed by atoms with van der Waals surface area (Å²) in [6, 6.07) is 4.91. The van der Waals surface area contributed by atoms with Gasteiger partial charge in [0.05, 0.1) is 17.2 Å². The normalized spacial score (nSPS) is 10.6. The second-order valence-electron chi connectivity index (χ2n) is 4.13. The Labute approximate surface area is 109 Å². The molecule has 1 heterocycles. The molecule has 0 aliphatic heterocycles. The summed E-state index contributed by atoms with van der Waals surface area (Å²) in [6.45, 7) is -0.0265. The fraction of sp³-hybridized carbons (Fsp3) is 0.250. The Bertz CT molecular complexity index is 664. The first-order valence-electron chi connectivity index (χ1n) is 5.34. The summed E-state index contributed by atoms with van der Waals surface area (Å²) in [5.74, 6) is -0.166. The highest BCUT2D eigenvalue weighted by molar-refractivity contribution is 6.31. The van der Waals surface area contributed by atoms with Crippen LogP contribution in [0.15, 0.2) is 29.3 Å². The van der Waals surface area contributed by atoms with Gasteiger partial charge in [-0.1, -0.05) is 11.6 Å². The molecule has 94 valence electrons. The van der Waals surface area contributed by atoms with Gasteiger partial charge in [-0.15, -0.1) is 0 Å². The lowest BCUT2D eigenvalue weighted by Crippen LogP contribution is -2.31. The Hall–Kier alpha value is -1.88. The van der Waals surface area contributed by atoms with Gasteiger partial charge in [0, 0.05) is 19.1 Å². The van der Waals surface area contributed by atoms with Crippen molar-refractivity contribution < 1.29 is 4.79 Å². The van der Waals surface area contributed by atoms with Crippen molar-refractivity contribution in [2.75, 3.05) is 14.1 Å². The van der Waals surface area contributed by atoms with Crippen molar-refractivity contribution in [2.24, 2.45) is 0 Å². The van der Waals surface area contributed by atoms with Crippen molar-refractivity contribution in [1.29, 1.82) is 0 Å². The number of carbonyl (C=O) groups is 1. The molecule has 0 atom stereocenters. The van der Waals surface area contributed by atoms with Crippen LogP contribution in [0.25, 0.3) is 10.9 Å². The molecule has 2 aromatic rings. The second kappa shape index (κ2) is 4.78. The molecule has 0 unspecified atom stereocenters. The fourth-order valence-corrected chi connectivity index (χ4v) is 1.70. The molecule has 0 aliphatic carbocycles. The number of fused-ring (bicyclic) bond motifs is 1. The Kier molecular flexibility index (Phi) is 3.34. The van der Waals surface area contributed by atoms with E-state index >= 15 is 0 Å². The van der Waals surface area contributed by atoms with Crippen LogP contribution in [0.3, 0.4) is 0 Å². The maximum atomic E-state index is 12.1. The van der Waals surface area contributed by atoms with Gasteiger partial charge in [0.25, 0.3) is 5.56 Å². The average molecular weight is 266 g/mol. The first-order chi connectivity index (χ1) is 8.49. The Balaban J connectivity index is 2.51. The van der Waals surface area contributed by atoms with Crippen LogP contribution < -0.4 is 5.56 Å². The zero-order valence-corrected chi connectivity index (χ0v) is 10.8. The SMILES string of the molecule is CN(C)C(=O)Cn1cnc2ccc(Cl)cc2c1=O. The molecule has 0 spiro atoms. The number of nitrogens with zero attached hydrogens (tertiary/aromatic N) is 3. The second-order valence-corrected chi connectivity index (χ2v) is 4.56. The van der Waals surface area contributed by atoms with Crippen molar-refractivity contribution in [3.63, 3.8) is 0 Å². The number of hydrogen-bond acceptors (Lipinski definition) is 3. The standard InChI is InChI=1S/C12H12ClN3O2/c1-15(2)11(17)6-16-7-14-10-4-3-8(13)5-9(10)12(16)18/h3-5,7H,6H2,1-2H3. The van der Waals surface area contributed by atoms with Crippen LogP contribution >= 0.6 is 11.6 Å². The van der Waals surface area contributed by atoms with E-state index < -0.39 is 0 Å². The minimum atomic E-state index is -0.266. The van der Waals surface area contributed by atoms with Crippen molar-refractivity contribution in [3.05, 3.63) is 39.9 Å². The van der Waals surface area contributed by atoms with Crippen LogP contribution in [-0.2, 0) is 11.3 Å². The van der Waals surface area contributed by atoms with Crippen molar-refractivity contribution in [2.45, 2.75) is 6.54 Å². The van der Waals surface area contributed by atoms with E-state index in [0.717, 1.165) is 0 Å². The first-order valence-corrected chi connectivity index (χ1v) is 5.71. The van der Waals surface area contributed by atoms with Gasteiger partial charge in [0.15, 0.2) is 0 Å². The molecule has 0 fully saturated rings. The van der Waals surface area contributed by atoms with Crippen molar-refractivity contribution >= 4 is 28.4 Å². The number of rotatable bonds is 2. The average Bonchev–Trinajstić information content (AvgIpc) is 2.33. The third kappa shape index (κ3) is 2.36. The maximum absolute atomic E-state index is 12.1. The van der Waals surface area contributed by atoms with Crippen LogP contribution in [0, 0.1) is 0 Å². The molecule has 18 heavy (non-hydrogen) atoms. The fourth-order valence-electron chi connectivity index (χ4n) is 1.53. The molecule has 0 saturated carbocycles. The molecule has 0 N–H and O–H groups in total. The summed E-state index contributed by atoms with van der Waals surface area (Å²) in [6.07, 6.45) is 1.37. The summed E-state index contributed by atoms with van der Waals surface area (Å²) in [7, 11) is 3.28. The third-order valence-electron chi connectivity index (χ3n) is 2.59. The Morgan fingerprint density at radius 2 is 2.17 bits per heavy atom. The van der Waals surface area contributed by atoms with E-state index in [1.807, 2.05) is 0 Å². The van der Waals surface area contributed by atoms with E-state index in [9.17, 15) is 9.59 Å². The van der Waals surface area contributed by atoms with Crippen LogP contribution in [-0.4, -0.2) is 34.5 Å². The van der Waals surface area contributed by atoms with Crippen molar-refractivity contribution in [3.8, 4) is 0 Å². The van der Waals surface area contributed by atoms with E-state index in [0.29, 0.717) is 15.9 Å². The van der Waals surface area contributed by atoms with Crippen LogP contribution in [0.2, 0.25) is 5.02 Å². The number of carbonyl (C=O) groups excluding carboxylic acids is 1. The van der Waals surface area contributed by atoms with E-state index in [4.69, 9.17) is 11.6 Å². The summed E-state index contributed by atoms with van der Waals surface area (Å²) in [5, 5.41) is 0.884. The quantitative estimate of drug-likeness (QED) is 0.818. The molecular formula is C12H12ClN3O2. The summed E-state index contributed by atoms with van der Waals surface area (Å²) < 4.78 is 1.28. The van der Waals surface area contributed by atoms with E-state index in [1.54, 1.807) is 32.3 Å². The summed E-state index contributed by atoms with van der Waals surface area (Å²) in [5.41, 5.74) is 0.302. The Morgan fingerprint density at radius 3 is 2.83 bits per heavy atom. The monoisotopic (exact) mass is 265 g/mol. The Morgan fingerprint density at radius 1 is 1.44 bits per heavy atom. The van der Waals surface area contributed by atoms with Gasteiger partial charge in [-0.05, 0) is 18.2 Å². The highest BCUT2D eigenvalue weighted by Gasteiger charge is 2.09. The zero-order valence-electron chi connectivity index (χ0n) is 10.1. The number of amides is 1. The molecule has 0 aliphatic rings. The van der Waals surface area contributed by atoms with Crippen LogP contribution in [0.4, 0.5) is 0 Å². The minimum absolute atomic E-state index is 0.0265. The van der Waals surface area contributed by atoms with Crippen LogP contribution in [0.1, 0.15) is 0 Å². The highest BCUT2D eigenvalue weighted by atomic mass is 35.5. The topological polar surface area (TPSA) is 55.2 Å². The summed E-state index contributed by atoms with van der Waals surface area (Å²) >= 11 is 5.85. The lowest BCUT2D eigenvalue weighted by molar-refractivity contribution is -0.129. The molecule has 1 aromatic heterocycles. The number of hydrogen-bond donors (Lipinski definition) is 0. The van der Waals surface area contributed by atoms with E-state index in [2.05, 4.69) is 4.98 Å². The molecule has 6 heteroatoms. The first kappa shape index (κ1) is 12.6. The third-order valence-corrected chi connectivity index (χ3v) is 2.83. The summed E-state index contributed by atoms with van der Waals surface area (Å²) in [4.78, 5) is 29.3. The van der Waals surface area contributed by atoms with E-state index in [-0.39, 0.29) is 18.0 Å². The number of likely N-dealkylation sites (N-methyl/N-ethyl adjacent to an activating group) is 1. The van der Waals surface area contributed by atoms with Crippen LogP contribution in [0.5, 0.6) is 0 Å². The van der Waals surface area contributed by atoms with Gasteiger partial charge in [0.2, 0.25) is 5.91 Å². The molecule has 2 rings (SSSR count). The molecule has 5 nitrogen and oxygen atoms in total. The number of halogens is 1. The molecule has 1 amide bonds. The largest absolute Gasteiger partial charge is 0.347 e. The smallest absolute Gasteiger partial charge is 0.261 e.